The van der Waals surface area contributed by atoms with E-state index < -0.39 is 5.97 Å². The molecule has 19 heavy (non-hydrogen) atoms. The molecule has 1 atom stereocenters. The molecular formula is C12H10ClN3O3. The van der Waals surface area contributed by atoms with Gasteiger partial charge in [-0.15, -0.1) is 12.3 Å². The molecule has 2 rings (SSSR count). The van der Waals surface area contributed by atoms with Crippen LogP contribution < -0.4 is 4.90 Å². The van der Waals surface area contributed by atoms with Gasteiger partial charge in [-0.05, 0) is 0 Å². The second kappa shape index (κ2) is 5.24. The van der Waals surface area contributed by atoms with E-state index in [1.165, 1.54) is 18.2 Å². The molecule has 0 aromatic carbocycles. The van der Waals surface area contributed by atoms with E-state index in [1.54, 1.807) is 0 Å². The van der Waals surface area contributed by atoms with Gasteiger partial charge in [0, 0.05) is 18.9 Å². The van der Waals surface area contributed by atoms with Gasteiger partial charge in [-0.25, -0.2) is 14.8 Å². The minimum absolute atomic E-state index is 0.0456. The first-order valence-corrected chi connectivity index (χ1v) is 5.82. The van der Waals surface area contributed by atoms with Crippen molar-refractivity contribution in [1.82, 2.24) is 9.97 Å². The number of amides is 1. The summed E-state index contributed by atoms with van der Waals surface area (Å²) in [7, 11) is 1.21. The molecule has 1 aromatic rings. The highest BCUT2D eigenvalue weighted by Crippen LogP contribution is 2.26. The standard InChI is InChI=1S/C12H10ClN3O3/c1-3-7-4-9(17)16(6-7)11-10(12(18)19-2)15-8(13)5-14-11/h1,5,7H,4,6H2,2H3. The highest BCUT2D eigenvalue weighted by molar-refractivity contribution is 6.29. The number of rotatable bonds is 2. The van der Waals surface area contributed by atoms with Crippen LogP contribution in [0.25, 0.3) is 0 Å². The van der Waals surface area contributed by atoms with Crippen LogP contribution in [0.3, 0.4) is 0 Å². The van der Waals surface area contributed by atoms with E-state index in [2.05, 4.69) is 20.6 Å². The van der Waals surface area contributed by atoms with Gasteiger partial charge in [0.1, 0.15) is 5.15 Å². The van der Waals surface area contributed by atoms with Crippen LogP contribution in [-0.2, 0) is 9.53 Å². The zero-order valence-corrected chi connectivity index (χ0v) is 10.8. The first-order chi connectivity index (χ1) is 9.06. The lowest BCUT2D eigenvalue weighted by Crippen LogP contribution is -2.28. The number of methoxy groups -OCH3 is 1. The Morgan fingerprint density at radius 3 is 3.00 bits per heavy atom. The molecule has 6 nitrogen and oxygen atoms in total. The van der Waals surface area contributed by atoms with Crippen LogP contribution in [0.1, 0.15) is 16.9 Å². The highest BCUT2D eigenvalue weighted by atomic mass is 35.5. The second-order valence-corrected chi connectivity index (χ2v) is 4.32. The first-order valence-electron chi connectivity index (χ1n) is 5.44. The van der Waals surface area contributed by atoms with Crippen molar-refractivity contribution >= 4 is 29.3 Å². The quantitative estimate of drug-likeness (QED) is 0.594. The third-order valence-electron chi connectivity index (χ3n) is 2.72. The van der Waals surface area contributed by atoms with Crippen LogP contribution in [0, 0.1) is 18.3 Å². The van der Waals surface area contributed by atoms with E-state index in [-0.39, 0.29) is 34.9 Å². The minimum atomic E-state index is -0.707. The number of carbonyl (C=O) groups excluding carboxylic acids is 2. The summed E-state index contributed by atoms with van der Waals surface area (Å²) < 4.78 is 4.60. The predicted molar refractivity (Wildman–Crippen MR) is 67.7 cm³/mol. The number of hydrogen-bond donors (Lipinski definition) is 0. The average Bonchev–Trinajstić information content (AvgIpc) is 2.79. The normalized spacial score (nSPS) is 18.3. The molecule has 1 aliphatic heterocycles. The molecule has 0 radical (unpaired) electrons. The smallest absolute Gasteiger partial charge is 0.360 e. The molecule has 1 unspecified atom stereocenters. The van der Waals surface area contributed by atoms with Crippen molar-refractivity contribution in [1.29, 1.82) is 0 Å². The van der Waals surface area contributed by atoms with Crippen molar-refractivity contribution in [3.8, 4) is 12.3 Å². The van der Waals surface area contributed by atoms with Crippen LogP contribution in [0.2, 0.25) is 5.15 Å². The van der Waals surface area contributed by atoms with Gasteiger partial charge in [0.15, 0.2) is 11.5 Å². The highest BCUT2D eigenvalue weighted by Gasteiger charge is 2.33. The maximum atomic E-state index is 11.9. The lowest BCUT2D eigenvalue weighted by molar-refractivity contribution is -0.117. The molecule has 2 heterocycles. The summed E-state index contributed by atoms with van der Waals surface area (Å²) in [6, 6.07) is 0. The lowest BCUT2D eigenvalue weighted by Gasteiger charge is -2.16. The van der Waals surface area contributed by atoms with Crippen LogP contribution in [-0.4, -0.2) is 35.5 Å². The molecule has 7 heteroatoms. The molecule has 0 spiro atoms. The van der Waals surface area contributed by atoms with Gasteiger partial charge in [0.05, 0.1) is 13.3 Å². The zero-order chi connectivity index (χ0) is 14.0. The van der Waals surface area contributed by atoms with E-state index in [0.717, 1.165) is 0 Å². The fourth-order valence-corrected chi connectivity index (χ4v) is 1.95. The van der Waals surface area contributed by atoms with Crippen molar-refractivity contribution in [3.05, 3.63) is 17.0 Å². The fraction of sp³-hybridized carbons (Fsp3) is 0.333. The third-order valence-corrected chi connectivity index (χ3v) is 2.90. The SMILES string of the molecule is C#CC1CC(=O)N(c2ncc(Cl)nc2C(=O)OC)C1. The average molecular weight is 280 g/mol. The third kappa shape index (κ3) is 2.51. The molecule has 0 saturated carbocycles. The number of terminal acetylenes is 1. The number of esters is 1. The number of anilines is 1. The second-order valence-electron chi connectivity index (χ2n) is 3.93. The largest absolute Gasteiger partial charge is 0.464 e. The van der Waals surface area contributed by atoms with Gasteiger partial charge >= 0.3 is 5.97 Å². The molecule has 1 saturated heterocycles. The fourth-order valence-electron chi connectivity index (χ4n) is 1.82. The zero-order valence-electron chi connectivity index (χ0n) is 10.1. The maximum absolute atomic E-state index is 11.9. The molecule has 0 N–H and O–H groups in total. The minimum Gasteiger partial charge on any atom is -0.464 e. The van der Waals surface area contributed by atoms with E-state index in [1.807, 2.05) is 0 Å². The monoisotopic (exact) mass is 279 g/mol. The van der Waals surface area contributed by atoms with Crippen molar-refractivity contribution < 1.29 is 14.3 Å². The number of nitrogens with zero attached hydrogens (tertiary/aromatic N) is 3. The molecule has 1 fully saturated rings. The van der Waals surface area contributed by atoms with E-state index in [9.17, 15) is 9.59 Å². The Labute approximate surface area is 114 Å². The molecule has 1 aliphatic rings. The molecule has 1 aromatic heterocycles. The number of aromatic nitrogens is 2. The Hall–Kier alpha value is -2.13. The Balaban J connectivity index is 2.43. The summed E-state index contributed by atoms with van der Waals surface area (Å²) in [5.74, 6) is 1.53. The van der Waals surface area contributed by atoms with Crippen molar-refractivity contribution in [3.63, 3.8) is 0 Å². The van der Waals surface area contributed by atoms with Gasteiger partial charge in [-0.3, -0.25) is 9.69 Å². The summed E-state index contributed by atoms with van der Waals surface area (Å²) in [6.07, 6.45) is 6.79. The van der Waals surface area contributed by atoms with E-state index in [0.29, 0.717) is 6.54 Å². The van der Waals surface area contributed by atoms with Gasteiger partial charge in [0.2, 0.25) is 5.91 Å². The number of carbonyl (C=O) groups is 2. The summed E-state index contributed by atoms with van der Waals surface area (Å²) in [5.41, 5.74) is -0.0963. The first kappa shape index (κ1) is 13.3. The van der Waals surface area contributed by atoms with E-state index in [4.69, 9.17) is 18.0 Å². The van der Waals surface area contributed by atoms with Crippen LogP contribution in [0.5, 0.6) is 0 Å². The Morgan fingerprint density at radius 2 is 2.42 bits per heavy atom. The summed E-state index contributed by atoms with van der Waals surface area (Å²) >= 11 is 5.70. The van der Waals surface area contributed by atoms with Gasteiger partial charge < -0.3 is 4.74 Å². The summed E-state index contributed by atoms with van der Waals surface area (Å²) in [4.78, 5) is 32.7. The van der Waals surface area contributed by atoms with Gasteiger partial charge in [-0.1, -0.05) is 11.6 Å². The molecule has 0 bridgehead atoms. The Kier molecular flexibility index (Phi) is 3.67. The topological polar surface area (TPSA) is 72.4 Å². The molecular weight excluding hydrogens is 270 g/mol. The van der Waals surface area contributed by atoms with Crippen LogP contribution >= 0.6 is 11.6 Å². The summed E-state index contributed by atoms with van der Waals surface area (Å²) in [6.45, 7) is 0.301. The van der Waals surface area contributed by atoms with E-state index >= 15 is 0 Å². The Bertz CT molecular complexity index is 582. The summed E-state index contributed by atoms with van der Waals surface area (Å²) in [5, 5.41) is 0.0456. The van der Waals surface area contributed by atoms with Crippen LogP contribution in [0.4, 0.5) is 5.82 Å². The molecule has 0 aliphatic carbocycles. The van der Waals surface area contributed by atoms with Crippen molar-refractivity contribution in [2.75, 3.05) is 18.6 Å². The number of hydrogen-bond acceptors (Lipinski definition) is 5. The Morgan fingerprint density at radius 1 is 1.68 bits per heavy atom. The van der Waals surface area contributed by atoms with Crippen molar-refractivity contribution in [2.45, 2.75) is 6.42 Å². The maximum Gasteiger partial charge on any atom is 0.360 e. The number of ether oxygens (including phenoxy) is 1. The van der Waals surface area contributed by atoms with Gasteiger partial charge in [0.25, 0.3) is 0 Å². The molecule has 1 amide bonds. The number of halogens is 1. The van der Waals surface area contributed by atoms with Crippen LogP contribution in [0.15, 0.2) is 6.20 Å². The lowest BCUT2D eigenvalue weighted by atomic mass is 10.1. The molecule has 98 valence electrons. The predicted octanol–water partition coefficient (Wildman–Crippen LogP) is 0.903. The van der Waals surface area contributed by atoms with Crippen molar-refractivity contribution in [2.24, 2.45) is 5.92 Å². The van der Waals surface area contributed by atoms with Gasteiger partial charge in [-0.2, -0.15) is 0 Å².